The number of alkyl halides is 1. The van der Waals surface area contributed by atoms with Gasteiger partial charge in [0.25, 0.3) is 0 Å². The van der Waals surface area contributed by atoms with Gasteiger partial charge in [0, 0.05) is 17.3 Å². The fourth-order valence-corrected chi connectivity index (χ4v) is 1.69. The summed E-state index contributed by atoms with van der Waals surface area (Å²) in [5.41, 5.74) is 1.90. The van der Waals surface area contributed by atoms with Crippen LogP contribution in [0.5, 0.6) is 0 Å². The van der Waals surface area contributed by atoms with Gasteiger partial charge in [-0.15, -0.1) is 11.6 Å². The van der Waals surface area contributed by atoms with Crippen molar-refractivity contribution in [3.8, 4) is 0 Å². The van der Waals surface area contributed by atoms with Crippen LogP contribution in [0.4, 0.5) is 5.95 Å². The number of aryl methyl sites for hydroxylation is 1. The predicted octanol–water partition coefficient (Wildman–Crippen LogP) is 3.73. The first-order valence-corrected chi connectivity index (χ1v) is 6.63. The van der Waals surface area contributed by atoms with Crippen LogP contribution in [-0.4, -0.2) is 21.4 Å². The summed E-state index contributed by atoms with van der Waals surface area (Å²) in [7, 11) is 0. The number of aromatic nitrogens is 2. The highest BCUT2D eigenvalue weighted by Crippen LogP contribution is 2.20. The summed E-state index contributed by atoms with van der Waals surface area (Å²) < 4.78 is 0. The van der Waals surface area contributed by atoms with Crippen LogP contribution in [0.3, 0.4) is 0 Å². The van der Waals surface area contributed by atoms with Crippen LogP contribution in [0.15, 0.2) is 6.07 Å². The molecule has 1 heterocycles. The third-order valence-electron chi connectivity index (χ3n) is 2.95. The average Bonchev–Trinajstić information content (AvgIpc) is 2.28. The van der Waals surface area contributed by atoms with Crippen molar-refractivity contribution in [3.63, 3.8) is 0 Å². The van der Waals surface area contributed by atoms with E-state index < -0.39 is 0 Å². The van der Waals surface area contributed by atoms with Crippen molar-refractivity contribution in [1.82, 2.24) is 9.97 Å². The smallest absolute Gasteiger partial charge is 0.223 e. The molecule has 0 fully saturated rings. The lowest BCUT2D eigenvalue weighted by molar-refractivity contribution is 0.547. The molecule has 96 valence electrons. The lowest BCUT2D eigenvalue weighted by Crippen LogP contribution is -2.36. The third-order valence-corrected chi connectivity index (χ3v) is 3.54. The quantitative estimate of drug-likeness (QED) is 0.815. The van der Waals surface area contributed by atoms with Crippen LogP contribution in [0.2, 0.25) is 0 Å². The molecule has 4 heteroatoms. The van der Waals surface area contributed by atoms with Gasteiger partial charge in [0.05, 0.1) is 5.54 Å². The molecule has 0 aliphatic heterocycles. The Balaban J connectivity index is 2.98. The number of hydrogen-bond acceptors (Lipinski definition) is 3. The maximum atomic E-state index is 5.98. The number of halogens is 1. The van der Waals surface area contributed by atoms with Crippen LogP contribution < -0.4 is 5.32 Å². The molecule has 1 aromatic rings. The largest absolute Gasteiger partial charge is 0.348 e. The molecule has 1 atom stereocenters. The summed E-state index contributed by atoms with van der Waals surface area (Å²) in [6.07, 6.45) is 0.935. The molecule has 0 spiro atoms. The van der Waals surface area contributed by atoms with E-state index in [0.29, 0.717) is 17.7 Å². The zero-order chi connectivity index (χ0) is 13.1. The Kier molecular flexibility index (Phi) is 4.75. The van der Waals surface area contributed by atoms with Crippen LogP contribution >= 0.6 is 11.6 Å². The summed E-state index contributed by atoms with van der Waals surface area (Å²) in [6.45, 7) is 10.4. The predicted molar refractivity (Wildman–Crippen MR) is 73.9 cm³/mol. The van der Waals surface area contributed by atoms with Gasteiger partial charge in [0.2, 0.25) is 5.95 Å². The molecule has 1 aromatic heterocycles. The van der Waals surface area contributed by atoms with Crippen LogP contribution in [0.25, 0.3) is 0 Å². The number of nitrogens with zero attached hydrogens (tertiary/aromatic N) is 2. The molecule has 0 aliphatic rings. The monoisotopic (exact) mass is 255 g/mol. The Morgan fingerprint density at radius 3 is 2.53 bits per heavy atom. The highest BCUT2D eigenvalue weighted by Gasteiger charge is 2.22. The summed E-state index contributed by atoms with van der Waals surface area (Å²) in [5.74, 6) is 1.62. The second-order valence-corrected chi connectivity index (χ2v) is 5.35. The minimum absolute atomic E-state index is 0.149. The van der Waals surface area contributed by atoms with Gasteiger partial charge in [0.1, 0.15) is 0 Å². The minimum Gasteiger partial charge on any atom is -0.348 e. The Morgan fingerprint density at radius 1 is 1.41 bits per heavy atom. The minimum atomic E-state index is -0.149. The summed E-state index contributed by atoms with van der Waals surface area (Å²) in [5, 5.41) is 3.34. The molecule has 1 rings (SSSR count). The molecule has 0 aliphatic carbocycles. The second-order valence-electron chi connectivity index (χ2n) is 5.09. The fourth-order valence-electron chi connectivity index (χ4n) is 1.43. The van der Waals surface area contributed by atoms with Crippen molar-refractivity contribution in [2.75, 3.05) is 11.2 Å². The maximum absolute atomic E-state index is 5.98. The molecule has 0 bridgehead atoms. The molecule has 17 heavy (non-hydrogen) atoms. The second kappa shape index (κ2) is 5.67. The molecule has 1 N–H and O–H groups in total. The first-order valence-electron chi connectivity index (χ1n) is 6.10. The van der Waals surface area contributed by atoms with Gasteiger partial charge in [-0.05, 0) is 32.3 Å². The van der Waals surface area contributed by atoms with Crippen molar-refractivity contribution < 1.29 is 0 Å². The van der Waals surface area contributed by atoms with E-state index in [9.17, 15) is 0 Å². The van der Waals surface area contributed by atoms with Gasteiger partial charge in [-0.25, -0.2) is 9.97 Å². The molecule has 1 unspecified atom stereocenters. The van der Waals surface area contributed by atoms with Crippen molar-refractivity contribution in [2.45, 2.75) is 52.5 Å². The van der Waals surface area contributed by atoms with E-state index in [4.69, 9.17) is 11.6 Å². The molecule has 0 saturated heterocycles. The van der Waals surface area contributed by atoms with Crippen LogP contribution in [0, 0.1) is 6.92 Å². The van der Waals surface area contributed by atoms with Gasteiger partial charge in [-0.2, -0.15) is 0 Å². The van der Waals surface area contributed by atoms with Gasteiger partial charge >= 0.3 is 0 Å². The molecule has 0 amide bonds. The molecular weight excluding hydrogens is 234 g/mol. The zero-order valence-electron chi connectivity index (χ0n) is 11.3. The standard InChI is InChI=1S/C13H22ClN3/c1-6-13(5,8-14)17-12-15-10(4)7-11(16-12)9(2)3/h7,9H,6,8H2,1-5H3,(H,15,16,17). The summed E-state index contributed by atoms with van der Waals surface area (Å²) >= 11 is 5.98. The highest BCUT2D eigenvalue weighted by atomic mass is 35.5. The molecule has 0 aromatic carbocycles. The van der Waals surface area contributed by atoms with E-state index in [1.807, 2.05) is 13.0 Å². The van der Waals surface area contributed by atoms with Crippen molar-refractivity contribution in [3.05, 3.63) is 17.5 Å². The van der Waals surface area contributed by atoms with E-state index >= 15 is 0 Å². The maximum Gasteiger partial charge on any atom is 0.223 e. The number of anilines is 1. The Labute approximate surface area is 109 Å². The molecular formula is C13H22ClN3. The van der Waals surface area contributed by atoms with Gasteiger partial charge in [-0.3, -0.25) is 0 Å². The summed E-state index contributed by atoms with van der Waals surface area (Å²) in [4.78, 5) is 8.95. The van der Waals surface area contributed by atoms with Crippen molar-refractivity contribution >= 4 is 17.5 Å². The lowest BCUT2D eigenvalue weighted by Gasteiger charge is -2.27. The van der Waals surface area contributed by atoms with E-state index in [-0.39, 0.29) is 5.54 Å². The number of hydrogen-bond donors (Lipinski definition) is 1. The topological polar surface area (TPSA) is 37.8 Å². The van der Waals surface area contributed by atoms with E-state index in [0.717, 1.165) is 17.8 Å². The Morgan fingerprint density at radius 2 is 2.06 bits per heavy atom. The van der Waals surface area contributed by atoms with Gasteiger partial charge in [-0.1, -0.05) is 20.8 Å². The average molecular weight is 256 g/mol. The Hall–Kier alpha value is -0.830. The Bertz CT molecular complexity index is 373. The summed E-state index contributed by atoms with van der Waals surface area (Å²) in [6, 6.07) is 2.03. The molecule has 0 radical (unpaired) electrons. The third kappa shape index (κ3) is 3.84. The lowest BCUT2D eigenvalue weighted by atomic mass is 10.0. The van der Waals surface area contributed by atoms with Crippen LogP contribution in [-0.2, 0) is 0 Å². The van der Waals surface area contributed by atoms with Gasteiger partial charge in [0.15, 0.2) is 0 Å². The van der Waals surface area contributed by atoms with Gasteiger partial charge < -0.3 is 5.32 Å². The normalized spacial score (nSPS) is 14.8. The van der Waals surface area contributed by atoms with Crippen molar-refractivity contribution in [1.29, 1.82) is 0 Å². The van der Waals surface area contributed by atoms with E-state index in [1.54, 1.807) is 0 Å². The fraction of sp³-hybridized carbons (Fsp3) is 0.692. The van der Waals surface area contributed by atoms with E-state index in [1.165, 1.54) is 0 Å². The molecule has 3 nitrogen and oxygen atoms in total. The van der Waals surface area contributed by atoms with E-state index in [2.05, 4.69) is 43.0 Å². The number of nitrogens with one attached hydrogen (secondary N) is 1. The highest BCUT2D eigenvalue weighted by molar-refractivity contribution is 6.18. The first-order chi connectivity index (χ1) is 7.90. The first kappa shape index (κ1) is 14.2. The van der Waals surface area contributed by atoms with Crippen molar-refractivity contribution in [2.24, 2.45) is 0 Å². The number of rotatable bonds is 5. The zero-order valence-corrected chi connectivity index (χ0v) is 12.1. The SMILES string of the molecule is CCC(C)(CCl)Nc1nc(C)cc(C(C)C)n1. The molecule has 0 saturated carbocycles. The van der Waals surface area contributed by atoms with Crippen LogP contribution in [0.1, 0.15) is 51.4 Å².